The number of benzene rings is 2. The molecule has 3 rings (SSSR count). The molecule has 0 radical (unpaired) electrons. The molecule has 0 heterocycles. The van der Waals surface area contributed by atoms with E-state index in [1.165, 1.54) is 18.4 Å². The lowest BCUT2D eigenvalue weighted by molar-refractivity contribution is -0.123. The molecule has 0 atom stereocenters. The van der Waals surface area contributed by atoms with Gasteiger partial charge < -0.3 is 5.32 Å². The van der Waals surface area contributed by atoms with Gasteiger partial charge in [-0.15, -0.1) is 0 Å². The zero-order valence-electron chi connectivity index (χ0n) is 14.7. The lowest BCUT2D eigenvalue weighted by Crippen LogP contribution is -2.35. The largest absolute Gasteiger partial charge is 0.351 e. The minimum atomic E-state index is -3.57. The Bertz CT molecular complexity index is 937. The van der Waals surface area contributed by atoms with Gasteiger partial charge in [0.1, 0.15) is 0 Å². The highest BCUT2D eigenvalue weighted by Crippen LogP contribution is 2.48. The first-order chi connectivity index (χ1) is 12.3. The number of hydrogen-bond acceptors (Lipinski definition) is 3. The second-order valence-corrected chi connectivity index (χ2v) is 9.23. The number of sulfonamides is 1. The predicted molar refractivity (Wildman–Crippen MR) is 102 cm³/mol. The molecule has 0 unspecified atom stereocenters. The molecule has 5 nitrogen and oxygen atoms in total. The summed E-state index contributed by atoms with van der Waals surface area (Å²) in [6.07, 6.45) is 1.52. The number of carbonyl (C=O) groups excluding carboxylic acids is 1. The number of nitrogens with zero attached hydrogens (tertiary/aromatic N) is 1. The maximum Gasteiger partial charge on any atom is 0.242 e. The number of carbonyl (C=O) groups is 1. The summed E-state index contributed by atoms with van der Waals surface area (Å²) in [6, 6.07) is 14.1. The summed E-state index contributed by atoms with van der Waals surface area (Å²) in [4.78, 5) is 13.0. The van der Waals surface area contributed by atoms with Crippen molar-refractivity contribution in [2.75, 3.05) is 14.1 Å². The van der Waals surface area contributed by atoms with Gasteiger partial charge in [-0.3, -0.25) is 4.79 Å². The van der Waals surface area contributed by atoms with Gasteiger partial charge in [-0.2, -0.15) is 0 Å². The average molecular weight is 393 g/mol. The van der Waals surface area contributed by atoms with E-state index in [-0.39, 0.29) is 17.3 Å². The normalized spacial score (nSPS) is 15.7. The molecule has 0 aliphatic heterocycles. The Balaban J connectivity index is 1.79. The third-order valence-corrected chi connectivity index (χ3v) is 6.88. The number of halogens is 1. The summed E-state index contributed by atoms with van der Waals surface area (Å²) < 4.78 is 26.1. The van der Waals surface area contributed by atoms with Crippen molar-refractivity contribution >= 4 is 27.5 Å². The van der Waals surface area contributed by atoms with Crippen LogP contribution in [0.3, 0.4) is 0 Å². The van der Waals surface area contributed by atoms with Crippen LogP contribution in [0.25, 0.3) is 0 Å². The van der Waals surface area contributed by atoms with Crippen LogP contribution in [0, 0.1) is 0 Å². The lowest BCUT2D eigenvalue weighted by atomic mass is 9.95. The van der Waals surface area contributed by atoms with Crippen LogP contribution in [0.4, 0.5) is 0 Å². The minimum absolute atomic E-state index is 0.100. The highest BCUT2D eigenvalue weighted by atomic mass is 35.5. The van der Waals surface area contributed by atoms with E-state index in [2.05, 4.69) is 5.32 Å². The van der Waals surface area contributed by atoms with E-state index in [1.54, 1.807) is 30.3 Å². The topological polar surface area (TPSA) is 66.5 Å². The van der Waals surface area contributed by atoms with Crippen molar-refractivity contribution in [2.24, 2.45) is 0 Å². The van der Waals surface area contributed by atoms with E-state index < -0.39 is 15.4 Å². The summed E-state index contributed by atoms with van der Waals surface area (Å²) in [5.74, 6) is -0.100. The maximum absolute atomic E-state index is 12.8. The summed E-state index contributed by atoms with van der Waals surface area (Å²) in [6.45, 7) is 0.157. The van der Waals surface area contributed by atoms with Crippen molar-refractivity contribution in [1.82, 2.24) is 9.62 Å². The number of nitrogens with one attached hydrogen (secondary N) is 1. The van der Waals surface area contributed by atoms with Crippen molar-refractivity contribution in [3.05, 3.63) is 64.7 Å². The van der Waals surface area contributed by atoms with Crippen LogP contribution in [0.2, 0.25) is 5.02 Å². The fourth-order valence-electron chi connectivity index (χ4n) is 3.00. The van der Waals surface area contributed by atoms with Gasteiger partial charge in [0.15, 0.2) is 0 Å². The number of amides is 1. The smallest absolute Gasteiger partial charge is 0.242 e. The van der Waals surface area contributed by atoms with E-state index in [0.29, 0.717) is 10.6 Å². The third-order valence-electron chi connectivity index (χ3n) is 4.73. The molecule has 2 aromatic rings. The minimum Gasteiger partial charge on any atom is -0.351 e. The molecule has 1 aliphatic rings. The first kappa shape index (κ1) is 18.9. The highest BCUT2D eigenvalue weighted by molar-refractivity contribution is 7.89. The highest BCUT2D eigenvalue weighted by Gasteiger charge is 2.51. The molecule has 0 spiro atoms. The lowest BCUT2D eigenvalue weighted by Gasteiger charge is -2.18. The Morgan fingerprint density at radius 1 is 1.15 bits per heavy atom. The molecule has 1 saturated carbocycles. The molecule has 0 aromatic heterocycles. The zero-order chi connectivity index (χ0) is 18.9. The molecule has 1 fully saturated rings. The van der Waals surface area contributed by atoms with Crippen LogP contribution in [0.5, 0.6) is 0 Å². The van der Waals surface area contributed by atoms with E-state index >= 15 is 0 Å². The summed E-state index contributed by atoms with van der Waals surface area (Å²) in [5, 5.41) is 3.51. The van der Waals surface area contributed by atoms with E-state index in [4.69, 9.17) is 11.6 Å². The molecular formula is C19H21ClN2O3S. The van der Waals surface area contributed by atoms with Gasteiger partial charge in [0.25, 0.3) is 0 Å². The number of rotatable bonds is 6. The first-order valence-corrected chi connectivity index (χ1v) is 10.1. The van der Waals surface area contributed by atoms with Crippen LogP contribution in [-0.2, 0) is 26.8 Å². The molecule has 26 heavy (non-hydrogen) atoms. The zero-order valence-corrected chi connectivity index (χ0v) is 16.3. The third kappa shape index (κ3) is 3.49. The van der Waals surface area contributed by atoms with Crippen molar-refractivity contribution in [3.8, 4) is 0 Å². The van der Waals surface area contributed by atoms with Crippen LogP contribution in [0.1, 0.15) is 24.0 Å². The Morgan fingerprint density at radius 2 is 1.85 bits per heavy atom. The van der Waals surface area contributed by atoms with Crippen molar-refractivity contribution in [2.45, 2.75) is 29.7 Å². The summed E-state index contributed by atoms with van der Waals surface area (Å²) in [5.41, 5.74) is 0.911. The second kappa shape index (κ2) is 7.02. The predicted octanol–water partition coefficient (Wildman–Crippen LogP) is 2.94. The van der Waals surface area contributed by atoms with Gasteiger partial charge in [-0.1, -0.05) is 41.9 Å². The Labute approximate surface area is 159 Å². The fraction of sp³-hybridized carbons (Fsp3) is 0.316. The molecule has 7 heteroatoms. The molecular weight excluding hydrogens is 372 g/mol. The Kier molecular flexibility index (Phi) is 5.10. The van der Waals surface area contributed by atoms with Gasteiger partial charge >= 0.3 is 0 Å². The van der Waals surface area contributed by atoms with E-state index in [9.17, 15) is 13.2 Å². The molecule has 1 N–H and O–H groups in total. The van der Waals surface area contributed by atoms with E-state index in [1.807, 2.05) is 18.2 Å². The monoisotopic (exact) mass is 392 g/mol. The molecule has 1 amide bonds. The second-order valence-electron chi connectivity index (χ2n) is 6.67. The van der Waals surface area contributed by atoms with Crippen molar-refractivity contribution in [1.29, 1.82) is 0 Å². The molecule has 1 aliphatic carbocycles. The van der Waals surface area contributed by atoms with Gasteiger partial charge in [-0.25, -0.2) is 12.7 Å². The first-order valence-electron chi connectivity index (χ1n) is 8.32. The van der Waals surface area contributed by atoms with Crippen LogP contribution in [0.15, 0.2) is 53.4 Å². The molecule has 0 bridgehead atoms. The van der Waals surface area contributed by atoms with Gasteiger partial charge in [0.2, 0.25) is 15.9 Å². The molecule has 138 valence electrons. The van der Waals surface area contributed by atoms with Crippen molar-refractivity contribution in [3.63, 3.8) is 0 Å². The average Bonchev–Trinajstić information content (AvgIpc) is 3.42. The Morgan fingerprint density at radius 3 is 2.46 bits per heavy atom. The summed E-state index contributed by atoms with van der Waals surface area (Å²) in [7, 11) is -0.590. The summed E-state index contributed by atoms with van der Waals surface area (Å²) >= 11 is 6.05. The van der Waals surface area contributed by atoms with Gasteiger partial charge in [-0.05, 0) is 42.2 Å². The van der Waals surface area contributed by atoms with E-state index in [0.717, 1.165) is 18.4 Å². The fourth-order valence-corrected chi connectivity index (χ4v) is 4.31. The quantitative estimate of drug-likeness (QED) is 0.821. The Hall–Kier alpha value is -1.89. The molecule has 0 saturated heterocycles. The van der Waals surface area contributed by atoms with Crippen LogP contribution in [-0.4, -0.2) is 32.7 Å². The van der Waals surface area contributed by atoms with Gasteiger partial charge in [0.05, 0.1) is 10.3 Å². The standard InChI is InChI=1S/C19H21ClN2O3S/c1-22(2)26(24,25)17-9-4-3-6-14(17)13-21-18(23)19(10-11-19)15-7-5-8-16(20)12-15/h3-9,12H,10-11,13H2,1-2H3,(H,21,23). The number of hydrogen-bond donors (Lipinski definition) is 1. The maximum atomic E-state index is 12.8. The SMILES string of the molecule is CN(C)S(=O)(=O)c1ccccc1CNC(=O)C1(c2cccc(Cl)c2)CC1. The van der Waals surface area contributed by atoms with Crippen LogP contribution < -0.4 is 5.32 Å². The molecule has 2 aromatic carbocycles. The van der Waals surface area contributed by atoms with Gasteiger partial charge in [0, 0.05) is 25.7 Å². The van der Waals surface area contributed by atoms with Crippen molar-refractivity contribution < 1.29 is 13.2 Å². The van der Waals surface area contributed by atoms with Crippen LogP contribution >= 0.6 is 11.6 Å².